The average Bonchev–Trinajstić information content (AvgIpc) is 2.13. The van der Waals surface area contributed by atoms with Crippen LogP contribution in [-0.4, -0.2) is 29.2 Å². The van der Waals surface area contributed by atoms with E-state index in [1.165, 1.54) is 0 Å². The topological polar surface area (TPSA) is 118 Å². The summed E-state index contributed by atoms with van der Waals surface area (Å²) in [7, 11) is 0. The minimum atomic E-state index is -1.10. The molecule has 2 atom stereocenters. The Bertz CT molecular complexity index is 259. The van der Waals surface area contributed by atoms with Crippen molar-refractivity contribution in [2.75, 3.05) is 0 Å². The number of carbonyl (C=O) groups is 2. The molecule has 0 saturated carbocycles. The van der Waals surface area contributed by atoms with Crippen molar-refractivity contribution in [3.63, 3.8) is 0 Å². The predicted octanol–water partition coefficient (Wildman–Crippen LogP) is -1.79. The Morgan fingerprint density at radius 2 is 2.00 bits per heavy atom. The second kappa shape index (κ2) is 5.96. The number of aliphatic carboxylic acids is 1. The van der Waals surface area contributed by atoms with E-state index in [1.54, 1.807) is 0 Å². The van der Waals surface area contributed by atoms with Gasteiger partial charge in [-0.1, -0.05) is 0 Å². The highest BCUT2D eigenvalue weighted by atomic mass is 16.4. The van der Waals surface area contributed by atoms with Gasteiger partial charge < -0.3 is 21.9 Å². The van der Waals surface area contributed by atoms with E-state index < -0.39 is 24.1 Å². The van der Waals surface area contributed by atoms with Gasteiger partial charge in [0.25, 0.3) is 5.91 Å². The van der Waals surface area contributed by atoms with Crippen molar-refractivity contribution < 1.29 is 14.7 Å². The Hall–Kier alpha value is -1.58. The number of carboxylic acid groups (broad SMARTS) is 1. The molecule has 1 amide bonds. The molecule has 0 rings (SSSR count). The molecule has 0 aliphatic rings. The predicted molar refractivity (Wildman–Crippen MR) is 49.8 cm³/mol. The summed E-state index contributed by atoms with van der Waals surface area (Å²) in [6.45, 7) is 0. The molecular formula is C8H13N3O3. The number of nitrogens with one attached hydrogen (secondary N) is 1. The molecule has 14 heavy (non-hydrogen) atoms. The number of nitrogens with two attached hydrogens (primary N) is 2. The molecule has 0 spiro atoms. The molecule has 1 unspecified atom stereocenters. The van der Waals surface area contributed by atoms with E-state index in [1.807, 2.05) is 5.92 Å². The van der Waals surface area contributed by atoms with Crippen molar-refractivity contribution in [3.05, 3.63) is 0 Å². The molecule has 0 aliphatic carbocycles. The Balaban J connectivity index is 3.75. The number of carboxylic acids is 1. The third-order valence-electron chi connectivity index (χ3n) is 1.55. The van der Waals surface area contributed by atoms with Gasteiger partial charge in [-0.15, -0.1) is 6.42 Å². The maximum Gasteiger partial charge on any atom is 0.320 e. The lowest BCUT2D eigenvalue weighted by Gasteiger charge is -2.13. The quantitative estimate of drug-likeness (QED) is 0.308. The van der Waals surface area contributed by atoms with Gasteiger partial charge in [0.05, 0.1) is 6.17 Å². The van der Waals surface area contributed by atoms with Gasteiger partial charge in [-0.3, -0.25) is 9.59 Å². The van der Waals surface area contributed by atoms with Crippen LogP contribution in [0, 0.1) is 12.3 Å². The highest BCUT2D eigenvalue weighted by Gasteiger charge is 2.13. The van der Waals surface area contributed by atoms with Crippen LogP contribution in [0.15, 0.2) is 0 Å². The van der Waals surface area contributed by atoms with Gasteiger partial charge in [0.15, 0.2) is 0 Å². The molecular weight excluding hydrogens is 186 g/mol. The van der Waals surface area contributed by atoms with Gasteiger partial charge in [-0.05, 0) is 18.8 Å². The van der Waals surface area contributed by atoms with E-state index in [4.69, 9.17) is 23.0 Å². The second-order valence-electron chi connectivity index (χ2n) is 2.75. The van der Waals surface area contributed by atoms with E-state index in [0.29, 0.717) is 0 Å². The summed E-state index contributed by atoms with van der Waals surface area (Å²) in [6.07, 6.45) is 4.57. The fourth-order valence-electron chi connectivity index (χ4n) is 0.765. The Morgan fingerprint density at radius 1 is 1.43 bits per heavy atom. The van der Waals surface area contributed by atoms with Crippen LogP contribution in [0.25, 0.3) is 0 Å². The van der Waals surface area contributed by atoms with Gasteiger partial charge in [-0.25, -0.2) is 0 Å². The van der Waals surface area contributed by atoms with E-state index in [-0.39, 0.29) is 12.8 Å². The van der Waals surface area contributed by atoms with Gasteiger partial charge in [0.1, 0.15) is 6.04 Å². The largest absolute Gasteiger partial charge is 0.480 e. The number of carbonyl (C=O) groups excluding carboxylic acids is 1. The number of hydrogen-bond donors (Lipinski definition) is 4. The van der Waals surface area contributed by atoms with Crippen LogP contribution in [0.5, 0.6) is 0 Å². The highest BCUT2D eigenvalue weighted by Crippen LogP contribution is 1.96. The fourth-order valence-corrected chi connectivity index (χ4v) is 0.765. The normalized spacial score (nSPS) is 13.8. The zero-order valence-corrected chi connectivity index (χ0v) is 7.56. The minimum absolute atomic E-state index is 0.182. The van der Waals surface area contributed by atoms with Gasteiger partial charge in [0.2, 0.25) is 0 Å². The van der Waals surface area contributed by atoms with Crippen molar-refractivity contribution in [1.29, 1.82) is 0 Å². The molecule has 6 heteroatoms. The standard InChI is InChI=1S/C8H13N3O3/c1-2-7(12)11-6(10)4-3-5(9)8(13)14/h1,5-6H,3-4,9-10H2,(H,11,12)(H,13,14)/t5-,6?/m1/s1. The Morgan fingerprint density at radius 3 is 2.43 bits per heavy atom. The summed E-state index contributed by atoms with van der Waals surface area (Å²) < 4.78 is 0. The highest BCUT2D eigenvalue weighted by molar-refractivity contribution is 5.92. The summed E-state index contributed by atoms with van der Waals surface area (Å²) in [5, 5.41) is 10.7. The van der Waals surface area contributed by atoms with Crippen LogP contribution in [0.3, 0.4) is 0 Å². The molecule has 6 N–H and O–H groups in total. The first-order valence-corrected chi connectivity index (χ1v) is 3.98. The Labute approximate surface area is 81.6 Å². The molecule has 78 valence electrons. The summed E-state index contributed by atoms with van der Waals surface area (Å²) in [5.41, 5.74) is 10.6. The van der Waals surface area contributed by atoms with E-state index >= 15 is 0 Å². The molecule has 0 heterocycles. The van der Waals surface area contributed by atoms with Gasteiger partial charge in [0, 0.05) is 0 Å². The number of hydrogen-bond acceptors (Lipinski definition) is 4. The minimum Gasteiger partial charge on any atom is -0.480 e. The number of rotatable bonds is 5. The molecule has 0 radical (unpaired) electrons. The number of terminal acetylenes is 1. The first-order valence-electron chi connectivity index (χ1n) is 3.98. The molecule has 0 aliphatic heterocycles. The lowest BCUT2D eigenvalue weighted by atomic mass is 10.1. The maximum absolute atomic E-state index is 10.6. The summed E-state index contributed by atoms with van der Waals surface area (Å²) in [6, 6.07) is -0.969. The van der Waals surface area contributed by atoms with Crippen molar-refractivity contribution >= 4 is 11.9 Å². The van der Waals surface area contributed by atoms with E-state index in [0.717, 1.165) is 0 Å². The van der Waals surface area contributed by atoms with Crippen LogP contribution in [0.1, 0.15) is 12.8 Å². The molecule has 0 fully saturated rings. The van der Waals surface area contributed by atoms with Gasteiger partial charge in [-0.2, -0.15) is 0 Å². The van der Waals surface area contributed by atoms with Crippen molar-refractivity contribution in [1.82, 2.24) is 5.32 Å². The molecule has 0 aromatic carbocycles. The SMILES string of the molecule is C#CC(=O)NC(N)CC[C@@H](N)C(=O)O. The lowest BCUT2D eigenvalue weighted by molar-refractivity contribution is -0.138. The first-order chi connectivity index (χ1) is 6.47. The fraction of sp³-hybridized carbons (Fsp3) is 0.500. The summed E-state index contributed by atoms with van der Waals surface area (Å²) in [5.74, 6) is 0.108. The van der Waals surface area contributed by atoms with Crippen LogP contribution >= 0.6 is 0 Å². The molecule has 0 aromatic rings. The van der Waals surface area contributed by atoms with E-state index in [2.05, 4.69) is 5.32 Å². The third kappa shape index (κ3) is 5.13. The van der Waals surface area contributed by atoms with Crippen LogP contribution in [0.4, 0.5) is 0 Å². The van der Waals surface area contributed by atoms with Crippen LogP contribution in [-0.2, 0) is 9.59 Å². The van der Waals surface area contributed by atoms with Crippen molar-refractivity contribution in [2.24, 2.45) is 11.5 Å². The van der Waals surface area contributed by atoms with Crippen LogP contribution in [0.2, 0.25) is 0 Å². The first kappa shape index (κ1) is 12.4. The molecule has 0 saturated heterocycles. The van der Waals surface area contributed by atoms with Crippen molar-refractivity contribution in [3.8, 4) is 12.3 Å². The smallest absolute Gasteiger partial charge is 0.320 e. The monoisotopic (exact) mass is 199 g/mol. The lowest BCUT2D eigenvalue weighted by Crippen LogP contribution is -2.42. The molecule has 0 bridgehead atoms. The van der Waals surface area contributed by atoms with E-state index in [9.17, 15) is 9.59 Å². The second-order valence-corrected chi connectivity index (χ2v) is 2.75. The summed E-state index contributed by atoms with van der Waals surface area (Å²) in [4.78, 5) is 20.9. The third-order valence-corrected chi connectivity index (χ3v) is 1.55. The summed E-state index contributed by atoms with van der Waals surface area (Å²) >= 11 is 0. The maximum atomic E-state index is 10.6. The van der Waals surface area contributed by atoms with Crippen molar-refractivity contribution in [2.45, 2.75) is 25.0 Å². The average molecular weight is 199 g/mol. The van der Waals surface area contributed by atoms with Gasteiger partial charge >= 0.3 is 5.97 Å². The molecule has 0 aromatic heterocycles. The number of amides is 1. The Kier molecular flexibility index (Phi) is 5.29. The zero-order valence-electron chi connectivity index (χ0n) is 7.56. The zero-order chi connectivity index (χ0) is 11.1. The van der Waals surface area contributed by atoms with Crippen LogP contribution < -0.4 is 16.8 Å². The molecule has 6 nitrogen and oxygen atoms in total.